The molecule has 0 amide bonds. The van der Waals surface area contributed by atoms with Crippen LogP contribution in [0.2, 0.25) is 0 Å². The summed E-state index contributed by atoms with van der Waals surface area (Å²) in [6, 6.07) is 10.2. The molecule has 0 fully saturated rings. The van der Waals surface area contributed by atoms with Crippen LogP contribution >= 0.6 is 0 Å². The smallest absolute Gasteiger partial charge is 0.214 e. The Hall–Kier alpha value is -2.10. The highest BCUT2D eigenvalue weighted by Crippen LogP contribution is 2.34. The summed E-state index contributed by atoms with van der Waals surface area (Å²) in [6.07, 6.45) is 3.05. The van der Waals surface area contributed by atoms with E-state index in [9.17, 15) is 9.50 Å². The van der Waals surface area contributed by atoms with E-state index in [0.29, 0.717) is 5.82 Å². The molecule has 1 aliphatic carbocycles. The second-order valence-corrected chi connectivity index (χ2v) is 4.82. The van der Waals surface area contributed by atoms with Gasteiger partial charge in [-0.05, 0) is 54.7 Å². The molecule has 98 valence electrons. The molecule has 1 aromatic carbocycles. The number of fused-ring (bicyclic) bond motifs is 1. The first-order valence-corrected chi connectivity index (χ1v) is 6.43. The van der Waals surface area contributed by atoms with Crippen molar-refractivity contribution in [1.29, 1.82) is 0 Å². The van der Waals surface area contributed by atoms with E-state index in [1.807, 2.05) is 6.07 Å². The highest BCUT2D eigenvalue weighted by molar-refractivity contribution is 5.44. The first kappa shape index (κ1) is 12.0. The van der Waals surface area contributed by atoms with Crippen molar-refractivity contribution >= 4 is 5.82 Å². The summed E-state index contributed by atoms with van der Waals surface area (Å²) in [7, 11) is 0. The number of rotatable bonds is 2. The van der Waals surface area contributed by atoms with E-state index >= 15 is 0 Å². The molecule has 1 aliphatic rings. The number of phenolic OH excluding ortho intramolecular Hbond substituents is 1. The minimum absolute atomic E-state index is 0.0742. The van der Waals surface area contributed by atoms with Crippen LogP contribution < -0.4 is 5.32 Å². The largest absolute Gasteiger partial charge is 0.508 e. The summed E-state index contributed by atoms with van der Waals surface area (Å²) in [4.78, 5) is 3.82. The van der Waals surface area contributed by atoms with Crippen molar-refractivity contribution in [3.05, 3.63) is 53.5 Å². The van der Waals surface area contributed by atoms with Gasteiger partial charge in [-0.25, -0.2) is 4.98 Å². The molecule has 1 heterocycles. The van der Waals surface area contributed by atoms with Crippen molar-refractivity contribution in [1.82, 2.24) is 4.98 Å². The molecule has 1 atom stereocenters. The van der Waals surface area contributed by atoms with Crippen molar-refractivity contribution in [2.45, 2.75) is 25.3 Å². The minimum Gasteiger partial charge on any atom is -0.508 e. The van der Waals surface area contributed by atoms with Gasteiger partial charge in [0.15, 0.2) is 0 Å². The Balaban J connectivity index is 1.89. The molecule has 0 saturated heterocycles. The Bertz CT molecular complexity index is 600. The van der Waals surface area contributed by atoms with Crippen LogP contribution in [0.3, 0.4) is 0 Å². The standard InChI is InChI=1S/C15H15FN2O/c16-14-5-2-6-15(18-14)17-13-4-1-3-10-7-8-11(19)9-12(10)13/h2,5-9,13,19H,1,3-4H2,(H,17,18). The molecule has 2 N–H and O–H groups in total. The van der Waals surface area contributed by atoms with Gasteiger partial charge in [0.25, 0.3) is 0 Å². The number of nitrogens with zero attached hydrogens (tertiary/aromatic N) is 1. The highest BCUT2D eigenvalue weighted by Gasteiger charge is 2.20. The Kier molecular flexibility index (Phi) is 3.07. The number of aromatic nitrogens is 1. The third-order valence-electron chi connectivity index (χ3n) is 3.48. The number of benzene rings is 1. The van der Waals surface area contributed by atoms with Crippen LogP contribution in [0, 0.1) is 5.95 Å². The maximum atomic E-state index is 13.1. The van der Waals surface area contributed by atoms with Gasteiger partial charge in [0.2, 0.25) is 5.95 Å². The molecule has 1 aromatic heterocycles. The SMILES string of the molecule is Oc1ccc2c(c1)C(Nc1cccc(F)n1)CCC2. The topological polar surface area (TPSA) is 45.1 Å². The first-order chi connectivity index (χ1) is 9.22. The monoisotopic (exact) mass is 258 g/mol. The molecular weight excluding hydrogens is 243 g/mol. The summed E-state index contributed by atoms with van der Waals surface area (Å²) in [5, 5.41) is 12.9. The number of aryl methyl sites for hydroxylation is 1. The number of phenols is 1. The number of hydrogen-bond donors (Lipinski definition) is 2. The third-order valence-corrected chi connectivity index (χ3v) is 3.48. The molecule has 0 spiro atoms. The average Bonchev–Trinajstić information content (AvgIpc) is 2.39. The number of halogens is 1. The number of nitrogens with one attached hydrogen (secondary N) is 1. The lowest BCUT2D eigenvalue weighted by Gasteiger charge is -2.27. The molecule has 1 unspecified atom stereocenters. The number of anilines is 1. The zero-order valence-corrected chi connectivity index (χ0v) is 10.4. The van der Waals surface area contributed by atoms with Gasteiger partial charge in [-0.3, -0.25) is 0 Å². The number of pyridine rings is 1. The highest BCUT2D eigenvalue weighted by atomic mass is 19.1. The molecule has 4 heteroatoms. The fraction of sp³-hybridized carbons (Fsp3) is 0.267. The van der Waals surface area contributed by atoms with Gasteiger partial charge in [0.1, 0.15) is 11.6 Å². The van der Waals surface area contributed by atoms with Gasteiger partial charge in [-0.2, -0.15) is 4.39 Å². The van der Waals surface area contributed by atoms with E-state index < -0.39 is 5.95 Å². The molecule has 19 heavy (non-hydrogen) atoms. The number of hydrogen-bond acceptors (Lipinski definition) is 3. The third kappa shape index (κ3) is 2.52. The van der Waals surface area contributed by atoms with Crippen LogP contribution in [0.15, 0.2) is 36.4 Å². The fourth-order valence-electron chi connectivity index (χ4n) is 2.60. The number of aromatic hydroxyl groups is 1. The van der Waals surface area contributed by atoms with Gasteiger partial charge < -0.3 is 10.4 Å². The minimum atomic E-state index is -0.489. The average molecular weight is 258 g/mol. The van der Waals surface area contributed by atoms with Crippen molar-refractivity contribution in [2.75, 3.05) is 5.32 Å². The summed E-state index contributed by atoms with van der Waals surface area (Å²) >= 11 is 0. The Labute approximate surface area is 111 Å². The van der Waals surface area contributed by atoms with E-state index in [-0.39, 0.29) is 11.8 Å². The van der Waals surface area contributed by atoms with Gasteiger partial charge in [0, 0.05) is 0 Å². The normalized spacial score (nSPS) is 17.8. The Morgan fingerprint density at radius 1 is 1.26 bits per heavy atom. The van der Waals surface area contributed by atoms with Crippen LogP contribution in [0.4, 0.5) is 10.2 Å². The molecule has 0 saturated carbocycles. The van der Waals surface area contributed by atoms with E-state index in [4.69, 9.17) is 0 Å². The quantitative estimate of drug-likeness (QED) is 0.811. The molecule has 3 rings (SSSR count). The Morgan fingerprint density at radius 2 is 2.16 bits per heavy atom. The van der Waals surface area contributed by atoms with Crippen LogP contribution in [0.1, 0.15) is 30.0 Å². The van der Waals surface area contributed by atoms with Crippen LogP contribution in [-0.2, 0) is 6.42 Å². The van der Waals surface area contributed by atoms with Gasteiger partial charge in [-0.1, -0.05) is 12.1 Å². The second-order valence-electron chi connectivity index (χ2n) is 4.82. The van der Waals surface area contributed by atoms with Gasteiger partial charge in [-0.15, -0.1) is 0 Å². The van der Waals surface area contributed by atoms with Crippen molar-refractivity contribution in [2.24, 2.45) is 0 Å². The van der Waals surface area contributed by atoms with Crippen LogP contribution in [-0.4, -0.2) is 10.1 Å². The maximum absolute atomic E-state index is 13.1. The van der Waals surface area contributed by atoms with Crippen LogP contribution in [0.25, 0.3) is 0 Å². The van der Waals surface area contributed by atoms with E-state index in [1.165, 1.54) is 11.6 Å². The summed E-state index contributed by atoms with van der Waals surface area (Å²) < 4.78 is 13.1. The van der Waals surface area contributed by atoms with Crippen molar-refractivity contribution < 1.29 is 9.50 Å². The zero-order valence-electron chi connectivity index (χ0n) is 10.4. The Morgan fingerprint density at radius 3 is 3.00 bits per heavy atom. The summed E-state index contributed by atoms with van der Waals surface area (Å²) in [5.41, 5.74) is 2.32. The van der Waals surface area contributed by atoms with Gasteiger partial charge in [0.05, 0.1) is 6.04 Å². The van der Waals surface area contributed by atoms with E-state index in [0.717, 1.165) is 24.8 Å². The van der Waals surface area contributed by atoms with Crippen LogP contribution in [0.5, 0.6) is 5.75 Å². The lowest BCUT2D eigenvalue weighted by molar-refractivity contribution is 0.471. The molecule has 2 aromatic rings. The summed E-state index contributed by atoms with van der Waals surface area (Å²) in [6.45, 7) is 0. The molecule has 0 radical (unpaired) electrons. The van der Waals surface area contributed by atoms with E-state index in [2.05, 4.69) is 10.3 Å². The van der Waals surface area contributed by atoms with Crippen molar-refractivity contribution in [3.8, 4) is 5.75 Å². The lowest BCUT2D eigenvalue weighted by Crippen LogP contribution is -2.18. The maximum Gasteiger partial charge on any atom is 0.214 e. The first-order valence-electron chi connectivity index (χ1n) is 6.43. The predicted octanol–water partition coefficient (Wildman–Crippen LogP) is 3.42. The molecule has 0 aliphatic heterocycles. The van der Waals surface area contributed by atoms with Gasteiger partial charge >= 0.3 is 0 Å². The van der Waals surface area contributed by atoms with E-state index in [1.54, 1.807) is 24.3 Å². The summed E-state index contributed by atoms with van der Waals surface area (Å²) in [5.74, 6) is 0.304. The molecular formula is C15H15FN2O. The fourth-order valence-corrected chi connectivity index (χ4v) is 2.60. The molecule has 3 nitrogen and oxygen atoms in total. The zero-order chi connectivity index (χ0) is 13.2. The molecule has 0 bridgehead atoms. The second kappa shape index (κ2) is 4.88. The predicted molar refractivity (Wildman–Crippen MR) is 71.6 cm³/mol. The van der Waals surface area contributed by atoms with Crippen molar-refractivity contribution in [3.63, 3.8) is 0 Å². The lowest BCUT2D eigenvalue weighted by atomic mass is 9.87.